The van der Waals surface area contributed by atoms with Gasteiger partial charge in [-0.3, -0.25) is 4.79 Å². The number of phenolic OH excluding ortho intramolecular Hbond substituents is 1. The summed E-state index contributed by atoms with van der Waals surface area (Å²) in [5, 5.41) is 21.2. The first-order chi connectivity index (χ1) is 17.8. The zero-order valence-electron chi connectivity index (χ0n) is 21.3. The van der Waals surface area contributed by atoms with Crippen molar-refractivity contribution in [2.24, 2.45) is 0 Å². The molecule has 206 valence electrons. The Kier molecular flexibility index (Phi) is 8.73. The van der Waals surface area contributed by atoms with Gasteiger partial charge in [-0.2, -0.15) is 13.2 Å². The maximum absolute atomic E-state index is 14.1. The van der Waals surface area contributed by atoms with Crippen LogP contribution in [0.15, 0.2) is 51.7 Å². The fraction of sp³-hybridized carbons (Fsp3) is 0.407. The molecular weight excluding hydrogens is 509 g/mol. The summed E-state index contributed by atoms with van der Waals surface area (Å²) in [4.78, 5) is 25.2. The second kappa shape index (κ2) is 11.4. The lowest BCUT2D eigenvalue weighted by molar-refractivity contribution is -0.278. The molecule has 0 aliphatic carbocycles. The van der Waals surface area contributed by atoms with E-state index in [0.717, 1.165) is 19.2 Å². The van der Waals surface area contributed by atoms with E-state index in [-0.39, 0.29) is 47.3 Å². The van der Waals surface area contributed by atoms with E-state index in [0.29, 0.717) is 5.76 Å². The third-order valence-corrected chi connectivity index (χ3v) is 6.21. The third kappa shape index (κ3) is 5.63. The summed E-state index contributed by atoms with van der Waals surface area (Å²) >= 11 is 0. The molecule has 38 heavy (non-hydrogen) atoms. The second-order valence-corrected chi connectivity index (χ2v) is 8.89. The molecule has 0 amide bonds. The quantitative estimate of drug-likeness (QED) is 0.362. The van der Waals surface area contributed by atoms with E-state index in [1.807, 2.05) is 0 Å². The Balaban J connectivity index is 1.74. The number of aliphatic hydroxyl groups excluding tert-OH is 1. The molecule has 0 radical (unpaired) electrons. The van der Waals surface area contributed by atoms with Gasteiger partial charge >= 0.3 is 12.1 Å². The summed E-state index contributed by atoms with van der Waals surface area (Å²) in [6.07, 6.45) is -7.49. The van der Waals surface area contributed by atoms with Crippen molar-refractivity contribution < 1.29 is 46.8 Å². The van der Waals surface area contributed by atoms with E-state index in [4.69, 9.17) is 18.6 Å². The minimum absolute atomic E-state index is 0.0158. The fourth-order valence-electron chi connectivity index (χ4n) is 4.38. The Morgan fingerprint density at radius 2 is 1.79 bits per heavy atom. The number of halogens is 3. The molecule has 0 saturated carbocycles. The van der Waals surface area contributed by atoms with Crippen LogP contribution in [0.3, 0.4) is 0 Å². The van der Waals surface area contributed by atoms with Crippen LogP contribution in [0.5, 0.6) is 11.5 Å². The number of methoxy groups -OCH3 is 2. The predicted octanol–water partition coefficient (Wildman–Crippen LogP) is 4.54. The highest BCUT2D eigenvalue weighted by molar-refractivity contribution is 5.87. The van der Waals surface area contributed by atoms with Gasteiger partial charge in [0.15, 0.2) is 5.43 Å². The zero-order chi connectivity index (χ0) is 28.3. The first-order valence-corrected chi connectivity index (χ1v) is 11.8. The van der Waals surface area contributed by atoms with Crippen LogP contribution in [-0.4, -0.2) is 48.8 Å². The summed E-state index contributed by atoms with van der Waals surface area (Å²) in [5.41, 5.74) is -3.84. The highest BCUT2D eigenvalue weighted by atomic mass is 19.4. The molecule has 1 aromatic heterocycles. The molecule has 3 rings (SSSR count). The van der Waals surface area contributed by atoms with Crippen LogP contribution in [0, 0.1) is 6.92 Å². The van der Waals surface area contributed by atoms with E-state index in [9.17, 15) is 33.0 Å². The molecule has 8 nitrogen and oxygen atoms in total. The maximum atomic E-state index is 14.1. The number of rotatable bonds is 10. The summed E-state index contributed by atoms with van der Waals surface area (Å²) in [5.74, 6) is -1.42. The number of carbonyl (C=O) groups is 1. The molecule has 0 aliphatic heterocycles. The number of alkyl halides is 3. The number of ether oxygens (including phenoxy) is 3. The Bertz CT molecular complexity index is 1340. The van der Waals surface area contributed by atoms with E-state index in [1.165, 1.54) is 44.4 Å². The van der Waals surface area contributed by atoms with Gasteiger partial charge < -0.3 is 28.8 Å². The Morgan fingerprint density at radius 1 is 1.13 bits per heavy atom. The minimum atomic E-state index is -5.12. The van der Waals surface area contributed by atoms with E-state index in [2.05, 4.69) is 0 Å². The smallest absolute Gasteiger partial charge is 0.432 e. The van der Waals surface area contributed by atoms with E-state index in [1.54, 1.807) is 6.92 Å². The van der Waals surface area contributed by atoms with Gasteiger partial charge in [0.25, 0.3) is 5.60 Å². The van der Waals surface area contributed by atoms with Gasteiger partial charge in [0, 0.05) is 36.8 Å². The van der Waals surface area contributed by atoms with Crippen LogP contribution in [0.4, 0.5) is 13.2 Å². The standard InChI is InChI=1S/C27H29F3O8/c1-15(38-25(34)26(36-4,27(28,29)30)17-8-6-5-7-9-17)12-18(31)10-11-19-21(35-3)14-22-23(24(19)33)20(32)13-16(2)37-22/h5-9,13-15,18,31,33H,10-12H2,1-4H3/t15-,18-,26+/m0/s1. The van der Waals surface area contributed by atoms with E-state index >= 15 is 0 Å². The molecular formula is C27H29F3O8. The lowest BCUT2D eigenvalue weighted by atomic mass is 9.92. The number of benzene rings is 2. The van der Waals surface area contributed by atoms with Gasteiger partial charge in [-0.25, -0.2) is 4.79 Å². The Morgan fingerprint density at radius 3 is 2.37 bits per heavy atom. The van der Waals surface area contributed by atoms with Crippen LogP contribution in [0.1, 0.15) is 36.7 Å². The number of aliphatic hydroxyl groups is 1. The van der Waals surface area contributed by atoms with Crippen molar-refractivity contribution in [2.75, 3.05) is 14.2 Å². The molecule has 0 fully saturated rings. The molecule has 0 spiro atoms. The Hall–Kier alpha value is -3.57. The summed E-state index contributed by atoms with van der Waals surface area (Å²) in [6.45, 7) is 2.94. The van der Waals surface area contributed by atoms with Crippen molar-refractivity contribution in [3.05, 3.63) is 69.6 Å². The number of aryl methyl sites for hydroxylation is 1. The van der Waals surface area contributed by atoms with Crippen molar-refractivity contribution in [2.45, 2.75) is 57.1 Å². The van der Waals surface area contributed by atoms with Crippen LogP contribution in [0.25, 0.3) is 11.0 Å². The topological polar surface area (TPSA) is 115 Å². The predicted molar refractivity (Wildman–Crippen MR) is 131 cm³/mol. The average molecular weight is 539 g/mol. The fourth-order valence-corrected chi connectivity index (χ4v) is 4.38. The largest absolute Gasteiger partial charge is 0.507 e. The normalized spacial score (nSPS) is 15.1. The van der Waals surface area contributed by atoms with Gasteiger partial charge in [0.1, 0.15) is 34.3 Å². The lowest BCUT2D eigenvalue weighted by Crippen LogP contribution is -2.52. The summed E-state index contributed by atoms with van der Waals surface area (Å²) < 4.78 is 62.8. The molecule has 0 saturated heterocycles. The SMILES string of the molecule is COc1cc2oc(C)cc(=O)c2c(O)c1CC[C@H](O)C[C@H](C)OC(=O)[C@](OC)(c1ccccc1)C(F)(F)F. The summed E-state index contributed by atoms with van der Waals surface area (Å²) in [7, 11) is 2.14. The van der Waals surface area contributed by atoms with Gasteiger partial charge in [-0.05, 0) is 26.7 Å². The van der Waals surface area contributed by atoms with Crippen LogP contribution in [0.2, 0.25) is 0 Å². The molecule has 0 unspecified atom stereocenters. The monoisotopic (exact) mass is 538 g/mol. The van der Waals surface area contributed by atoms with Crippen LogP contribution in [-0.2, 0) is 26.3 Å². The molecule has 11 heteroatoms. The number of hydrogen-bond acceptors (Lipinski definition) is 8. The second-order valence-electron chi connectivity index (χ2n) is 8.89. The lowest BCUT2D eigenvalue weighted by Gasteiger charge is -2.33. The first kappa shape index (κ1) is 29.0. The number of aromatic hydroxyl groups is 1. The number of phenols is 1. The van der Waals surface area contributed by atoms with Crippen molar-refractivity contribution in [3.63, 3.8) is 0 Å². The molecule has 0 bridgehead atoms. The Labute approximate surface area is 216 Å². The van der Waals surface area contributed by atoms with Gasteiger partial charge in [0.05, 0.1) is 13.2 Å². The van der Waals surface area contributed by atoms with Crippen molar-refractivity contribution >= 4 is 16.9 Å². The van der Waals surface area contributed by atoms with Crippen LogP contribution >= 0.6 is 0 Å². The van der Waals surface area contributed by atoms with Crippen molar-refractivity contribution in [3.8, 4) is 11.5 Å². The molecule has 2 N–H and O–H groups in total. The number of hydrogen-bond donors (Lipinski definition) is 2. The highest BCUT2D eigenvalue weighted by Crippen LogP contribution is 2.43. The molecule has 1 heterocycles. The molecule has 3 atom stereocenters. The minimum Gasteiger partial charge on any atom is -0.507 e. The van der Waals surface area contributed by atoms with Gasteiger partial charge in [-0.15, -0.1) is 0 Å². The maximum Gasteiger partial charge on any atom is 0.432 e. The third-order valence-electron chi connectivity index (χ3n) is 6.21. The number of esters is 1. The zero-order valence-corrected chi connectivity index (χ0v) is 21.3. The summed E-state index contributed by atoms with van der Waals surface area (Å²) in [6, 6.07) is 9.11. The van der Waals surface area contributed by atoms with E-state index < -0.39 is 40.9 Å². The number of carbonyl (C=O) groups excluding carboxylic acids is 1. The van der Waals surface area contributed by atoms with Crippen LogP contribution < -0.4 is 10.2 Å². The molecule has 2 aromatic carbocycles. The first-order valence-electron chi connectivity index (χ1n) is 11.8. The number of fused-ring (bicyclic) bond motifs is 1. The van der Waals surface area contributed by atoms with Crippen molar-refractivity contribution in [1.82, 2.24) is 0 Å². The highest BCUT2D eigenvalue weighted by Gasteiger charge is 2.64. The van der Waals surface area contributed by atoms with Gasteiger partial charge in [0.2, 0.25) is 0 Å². The van der Waals surface area contributed by atoms with Gasteiger partial charge in [-0.1, -0.05) is 30.3 Å². The molecule has 3 aromatic rings. The average Bonchev–Trinajstić information content (AvgIpc) is 2.83. The van der Waals surface area contributed by atoms with Crippen molar-refractivity contribution in [1.29, 1.82) is 0 Å². The molecule has 0 aliphatic rings.